The highest BCUT2D eigenvalue weighted by Crippen LogP contribution is 2.32. The summed E-state index contributed by atoms with van der Waals surface area (Å²) in [5, 5.41) is 1.34. The molecule has 3 rings (SSSR count). The smallest absolute Gasteiger partial charge is 0.127 e. The van der Waals surface area contributed by atoms with Crippen molar-refractivity contribution in [1.29, 1.82) is 0 Å². The molecule has 0 saturated heterocycles. The molecule has 0 aliphatic heterocycles. The largest absolute Gasteiger partial charge is 0.457 e. The van der Waals surface area contributed by atoms with E-state index in [9.17, 15) is 0 Å². The molecule has 0 heterocycles. The zero-order valence-corrected chi connectivity index (χ0v) is 12.6. The molecule has 0 N–H and O–H groups in total. The lowest BCUT2D eigenvalue weighted by atomic mass is 10.1. The molecular formula is C18H12Cl2O. The van der Waals surface area contributed by atoms with Crippen molar-refractivity contribution in [3.05, 3.63) is 82.8 Å². The Kier molecular flexibility index (Phi) is 4.14. The summed E-state index contributed by atoms with van der Waals surface area (Å²) >= 11 is 12.2. The molecule has 0 unspecified atom stereocenters. The van der Waals surface area contributed by atoms with Crippen molar-refractivity contribution in [3.8, 4) is 22.6 Å². The van der Waals surface area contributed by atoms with Crippen LogP contribution in [0.1, 0.15) is 0 Å². The average molecular weight is 315 g/mol. The fraction of sp³-hybridized carbons (Fsp3) is 0. The van der Waals surface area contributed by atoms with Gasteiger partial charge in [-0.05, 0) is 48.0 Å². The van der Waals surface area contributed by atoms with Gasteiger partial charge < -0.3 is 4.74 Å². The van der Waals surface area contributed by atoms with Gasteiger partial charge in [0, 0.05) is 15.6 Å². The van der Waals surface area contributed by atoms with Gasteiger partial charge in [-0.15, -0.1) is 0 Å². The monoisotopic (exact) mass is 314 g/mol. The van der Waals surface area contributed by atoms with Gasteiger partial charge in [-0.25, -0.2) is 0 Å². The highest BCUT2D eigenvalue weighted by Gasteiger charge is 2.05. The molecule has 3 aromatic carbocycles. The number of para-hydroxylation sites is 1. The molecule has 3 aromatic rings. The summed E-state index contributed by atoms with van der Waals surface area (Å²) in [6.07, 6.45) is 0. The first-order valence-electron chi connectivity index (χ1n) is 6.51. The average Bonchev–Trinajstić information content (AvgIpc) is 2.52. The van der Waals surface area contributed by atoms with Crippen LogP contribution in [0.4, 0.5) is 0 Å². The fourth-order valence-corrected chi connectivity index (χ4v) is 2.44. The maximum Gasteiger partial charge on any atom is 0.127 e. The first-order chi connectivity index (χ1) is 10.2. The Hall–Kier alpha value is -1.96. The van der Waals surface area contributed by atoms with Crippen molar-refractivity contribution in [2.75, 3.05) is 0 Å². The van der Waals surface area contributed by atoms with E-state index in [1.54, 1.807) is 12.1 Å². The Labute approximate surface area is 133 Å². The molecule has 0 fully saturated rings. The van der Waals surface area contributed by atoms with Crippen LogP contribution in [0, 0.1) is 0 Å². The highest BCUT2D eigenvalue weighted by molar-refractivity contribution is 6.35. The number of hydrogen-bond acceptors (Lipinski definition) is 1. The molecule has 0 bridgehead atoms. The molecule has 0 aliphatic carbocycles. The molecule has 0 radical (unpaired) electrons. The van der Waals surface area contributed by atoms with Gasteiger partial charge in [-0.1, -0.05) is 53.5 Å². The number of halogens is 2. The van der Waals surface area contributed by atoms with Gasteiger partial charge in [0.25, 0.3) is 0 Å². The van der Waals surface area contributed by atoms with E-state index in [4.69, 9.17) is 27.9 Å². The van der Waals surface area contributed by atoms with Crippen LogP contribution < -0.4 is 4.74 Å². The molecule has 0 amide bonds. The quantitative estimate of drug-likeness (QED) is 0.539. The third kappa shape index (κ3) is 3.38. The van der Waals surface area contributed by atoms with E-state index in [-0.39, 0.29) is 0 Å². The summed E-state index contributed by atoms with van der Waals surface area (Å²) in [5.41, 5.74) is 1.92. The number of rotatable bonds is 3. The molecule has 0 aliphatic rings. The van der Waals surface area contributed by atoms with Crippen LogP contribution in [0.5, 0.6) is 11.5 Å². The summed E-state index contributed by atoms with van der Waals surface area (Å²) in [6.45, 7) is 0. The van der Waals surface area contributed by atoms with E-state index in [0.717, 1.165) is 22.6 Å². The normalized spacial score (nSPS) is 10.4. The Morgan fingerprint density at radius 1 is 0.667 bits per heavy atom. The van der Waals surface area contributed by atoms with E-state index in [1.807, 2.05) is 60.7 Å². The van der Waals surface area contributed by atoms with E-state index in [1.165, 1.54) is 0 Å². The van der Waals surface area contributed by atoms with Gasteiger partial charge in [0.05, 0.1) is 0 Å². The van der Waals surface area contributed by atoms with E-state index < -0.39 is 0 Å². The Morgan fingerprint density at radius 3 is 2.05 bits per heavy atom. The summed E-state index contributed by atoms with van der Waals surface area (Å²) < 4.78 is 5.76. The molecule has 3 heteroatoms. The van der Waals surface area contributed by atoms with Crippen molar-refractivity contribution >= 4 is 23.2 Å². The van der Waals surface area contributed by atoms with Crippen LogP contribution in [0.25, 0.3) is 11.1 Å². The maximum absolute atomic E-state index is 6.21. The van der Waals surface area contributed by atoms with E-state index in [0.29, 0.717) is 10.0 Å². The molecule has 1 nitrogen and oxygen atoms in total. The lowest BCUT2D eigenvalue weighted by Gasteiger charge is -2.08. The minimum absolute atomic E-state index is 0.666. The summed E-state index contributed by atoms with van der Waals surface area (Å²) in [7, 11) is 0. The SMILES string of the molecule is Clc1ccc(Cl)c(-c2ccc(Oc3ccccc3)cc2)c1. The first-order valence-corrected chi connectivity index (χ1v) is 7.26. The van der Waals surface area contributed by atoms with E-state index in [2.05, 4.69) is 0 Å². The van der Waals surface area contributed by atoms with Gasteiger partial charge >= 0.3 is 0 Å². The Bertz CT molecular complexity index is 737. The predicted octanol–water partition coefficient (Wildman–Crippen LogP) is 6.45. The van der Waals surface area contributed by atoms with Crippen molar-refractivity contribution in [2.24, 2.45) is 0 Å². The third-order valence-corrected chi connectivity index (χ3v) is 3.64. The van der Waals surface area contributed by atoms with Crippen molar-refractivity contribution in [3.63, 3.8) is 0 Å². The number of benzene rings is 3. The Balaban J connectivity index is 1.85. The second kappa shape index (κ2) is 6.21. The predicted molar refractivity (Wildman–Crippen MR) is 88.4 cm³/mol. The molecule has 21 heavy (non-hydrogen) atoms. The zero-order valence-electron chi connectivity index (χ0n) is 11.1. The zero-order chi connectivity index (χ0) is 14.7. The molecule has 0 saturated carbocycles. The topological polar surface area (TPSA) is 9.23 Å². The third-order valence-electron chi connectivity index (χ3n) is 3.07. The minimum atomic E-state index is 0.666. The number of ether oxygens (including phenoxy) is 1. The van der Waals surface area contributed by atoms with Crippen LogP contribution in [-0.4, -0.2) is 0 Å². The lowest BCUT2D eigenvalue weighted by Crippen LogP contribution is -1.84. The van der Waals surface area contributed by atoms with Crippen molar-refractivity contribution in [1.82, 2.24) is 0 Å². The second-order valence-electron chi connectivity index (χ2n) is 4.56. The summed E-state index contributed by atoms with van der Waals surface area (Å²) in [5.74, 6) is 1.59. The number of hydrogen-bond donors (Lipinski definition) is 0. The minimum Gasteiger partial charge on any atom is -0.457 e. The standard InChI is InChI=1S/C18H12Cl2O/c19-14-8-11-18(20)17(12-14)13-6-9-16(10-7-13)21-15-4-2-1-3-5-15/h1-12H. The van der Waals surface area contributed by atoms with Crippen LogP contribution in [0.15, 0.2) is 72.8 Å². The van der Waals surface area contributed by atoms with Gasteiger partial charge in [0.1, 0.15) is 11.5 Å². The van der Waals surface area contributed by atoms with Crippen molar-refractivity contribution < 1.29 is 4.74 Å². The fourth-order valence-electron chi connectivity index (χ4n) is 2.05. The Morgan fingerprint density at radius 2 is 1.33 bits per heavy atom. The lowest BCUT2D eigenvalue weighted by molar-refractivity contribution is 0.483. The van der Waals surface area contributed by atoms with Crippen LogP contribution in [0.2, 0.25) is 10.0 Å². The molecular weight excluding hydrogens is 303 g/mol. The summed E-state index contributed by atoms with van der Waals surface area (Å²) in [4.78, 5) is 0. The van der Waals surface area contributed by atoms with Gasteiger partial charge in [0.15, 0.2) is 0 Å². The van der Waals surface area contributed by atoms with Crippen LogP contribution >= 0.6 is 23.2 Å². The molecule has 0 spiro atoms. The second-order valence-corrected chi connectivity index (χ2v) is 5.41. The van der Waals surface area contributed by atoms with Crippen LogP contribution in [-0.2, 0) is 0 Å². The molecule has 104 valence electrons. The van der Waals surface area contributed by atoms with Gasteiger partial charge in [-0.3, -0.25) is 0 Å². The first kappa shape index (κ1) is 14.0. The van der Waals surface area contributed by atoms with Gasteiger partial charge in [-0.2, -0.15) is 0 Å². The van der Waals surface area contributed by atoms with Crippen LogP contribution in [0.3, 0.4) is 0 Å². The van der Waals surface area contributed by atoms with Crippen molar-refractivity contribution in [2.45, 2.75) is 0 Å². The van der Waals surface area contributed by atoms with Gasteiger partial charge in [0.2, 0.25) is 0 Å². The maximum atomic E-state index is 6.21. The van der Waals surface area contributed by atoms with E-state index >= 15 is 0 Å². The molecule has 0 atom stereocenters. The highest BCUT2D eigenvalue weighted by atomic mass is 35.5. The molecule has 0 aromatic heterocycles. The summed E-state index contributed by atoms with van der Waals surface area (Å²) in [6, 6.07) is 22.9.